The van der Waals surface area contributed by atoms with E-state index >= 15 is 0 Å². The van der Waals surface area contributed by atoms with E-state index in [0.29, 0.717) is 5.95 Å². The van der Waals surface area contributed by atoms with Crippen LogP contribution in [0.25, 0.3) is 0 Å². The van der Waals surface area contributed by atoms with Crippen LogP contribution >= 0.6 is 0 Å². The Morgan fingerprint density at radius 1 is 1.24 bits per heavy atom. The molecule has 0 radical (unpaired) electrons. The second-order valence-electron chi connectivity index (χ2n) is 3.11. The van der Waals surface area contributed by atoms with Gasteiger partial charge in [0.15, 0.2) is 0 Å². The molecule has 17 heavy (non-hydrogen) atoms. The van der Waals surface area contributed by atoms with Gasteiger partial charge < -0.3 is 16.3 Å². The number of anilines is 2. The number of benzene rings is 1. The summed E-state index contributed by atoms with van der Waals surface area (Å²) in [6, 6.07) is 9.41. The van der Waals surface area contributed by atoms with Crippen LogP contribution < -0.4 is 11.1 Å². The Hall–Kier alpha value is -2.70. The van der Waals surface area contributed by atoms with E-state index in [9.17, 15) is 0 Å². The highest BCUT2D eigenvalue weighted by Crippen LogP contribution is 2.10. The van der Waals surface area contributed by atoms with Crippen LogP contribution in [0.1, 0.15) is 5.82 Å². The summed E-state index contributed by atoms with van der Waals surface area (Å²) in [6.07, 6.45) is 1.28. The van der Waals surface area contributed by atoms with Crippen molar-refractivity contribution < 1.29 is 5.21 Å². The summed E-state index contributed by atoms with van der Waals surface area (Å²) >= 11 is 0. The third-order valence-electron chi connectivity index (χ3n) is 1.94. The molecular formula is C10H10N6O. The lowest BCUT2D eigenvalue weighted by atomic mass is 10.3. The molecule has 0 aliphatic heterocycles. The maximum Gasteiger partial charge on any atom is 0.230 e. The predicted molar refractivity (Wildman–Crippen MR) is 62.1 cm³/mol. The quantitative estimate of drug-likeness (QED) is 0.310. The molecule has 4 N–H and O–H groups in total. The maximum atomic E-state index is 8.51. The van der Waals surface area contributed by atoms with Gasteiger partial charge >= 0.3 is 0 Å². The average Bonchev–Trinajstić information content (AvgIpc) is 2.39. The van der Waals surface area contributed by atoms with Crippen LogP contribution in [0.4, 0.5) is 11.6 Å². The number of nitrogens with two attached hydrogens (primary N) is 1. The number of aromatic nitrogens is 3. The Kier molecular flexibility index (Phi) is 3.10. The van der Waals surface area contributed by atoms with Gasteiger partial charge in [-0.2, -0.15) is 4.98 Å². The summed E-state index contributed by atoms with van der Waals surface area (Å²) in [7, 11) is 0. The van der Waals surface area contributed by atoms with Crippen LogP contribution in [0.3, 0.4) is 0 Å². The van der Waals surface area contributed by atoms with E-state index in [-0.39, 0.29) is 11.7 Å². The lowest BCUT2D eigenvalue weighted by Crippen LogP contribution is -2.18. The Bertz CT molecular complexity index is 527. The second-order valence-corrected chi connectivity index (χ2v) is 3.11. The molecule has 0 unspecified atom stereocenters. The van der Waals surface area contributed by atoms with Gasteiger partial charge in [-0.05, 0) is 12.1 Å². The molecule has 0 atom stereocenters. The Morgan fingerprint density at radius 2 is 2.00 bits per heavy atom. The lowest BCUT2D eigenvalue weighted by Gasteiger charge is -2.04. The first-order valence-corrected chi connectivity index (χ1v) is 4.78. The van der Waals surface area contributed by atoms with Gasteiger partial charge in [0.05, 0.1) is 0 Å². The third-order valence-corrected chi connectivity index (χ3v) is 1.94. The topological polar surface area (TPSA) is 109 Å². The van der Waals surface area contributed by atoms with Crippen molar-refractivity contribution in [3.63, 3.8) is 0 Å². The highest BCUT2D eigenvalue weighted by atomic mass is 16.4. The Morgan fingerprint density at radius 3 is 2.71 bits per heavy atom. The van der Waals surface area contributed by atoms with E-state index in [1.165, 1.54) is 6.33 Å². The molecule has 7 nitrogen and oxygen atoms in total. The number of nitrogens with one attached hydrogen (secondary N) is 1. The zero-order valence-corrected chi connectivity index (χ0v) is 8.78. The molecule has 0 bridgehead atoms. The van der Waals surface area contributed by atoms with Crippen LogP contribution in [-0.4, -0.2) is 26.0 Å². The zero-order valence-electron chi connectivity index (χ0n) is 8.78. The minimum Gasteiger partial charge on any atom is -0.409 e. The molecule has 0 spiro atoms. The van der Waals surface area contributed by atoms with Crippen LogP contribution in [0.2, 0.25) is 0 Å². The maximum absolute atomic E-state index is 8.51. The third kappa shape index (κ3) is 2.65. The summed E-state index contributed by atoms with van der Waals surface area (Å²) in [5.74, 6) is 0.275. The average molecular weight is 230 g/mol. The Balaban J connectivity index is 2.23. The van der Waals surface area contributed by atoms with Crippen LogP contribution in [0.5, 0.6) is 0 Å². The van der Waals surface area contributed by atoms with Gasteiger partial charge in [0.2, 0.25) is 17.6 Å². The van der Waals surface area contributed by atoms with E-state index < -0.39 is 0 Å². The molecule has 0 aliphatic rings. The molecule has 0 amide bonds. The number of para-hydroxylation sites is 1. The van der Waals surface area contributed by atoms with Gasteiger partial charge in [0.25, 0.3) is 0 Å². The van der Waals surface area contributed by atoms with Crippen molar-refractivity contribution in [3.05, 3.63) is 42.5 Å². The molecule has 0 saturated carbocycles. The fraction of sp³-hybridized carbons (Fsp3) is 0. The largest absolute Gasteiger partial charge is 0.409 e. The number of rotatable bonds is 3. The highest BCUT2D eigenvalue weighted by molar-refractivity contribution is 5.93. The number of hydrogen-bond acceptors (Lipinski definition) is 6. The Labute approximate surface area is 97.0 Å². The number of oxime groups is 1. The molecule has 2 aromatic rings. The first-order valence-electron chi connectivity index (χ1n) is 4.78. The van der Waals surface area contributed by atoms with Gasteiger partial charge in [0.1, 0.15) is 6.33 Å². The summed E-state index contributed by atoms with van der Waals surface area (Å²) in [4.78, 5) is 11.7. The molecule has 2 rings (SSSR count). The van der Waals surface area contributed by atoms with Crippen molar-refractivity contribution in [1.29, 1.82) is 0 Å². The van der Waals surface area contributed by atoms with Gasteiger partial charge in [-0.25, -0.2) is 9.97 Å². The SMILES string of the molecule is NC(=NO)c1ncnc(Nc2ccccc2)n1. The van der Waals surface area contributed by atoms with Crippen molar-refractivity contribution in [2.24, 2.45) is 10.9 Å². The first-order chi connectivity index (χ1) is 8.29. The fourth-order valence-electron chi connectivity index (χ4n) is 1.18. The van der Waals surface area contributed by atoms with Crippen molar-refractivity contribution >= 4 is 17.5 Å². The highest BCUT2D eigenvalue weighted by Gasteiger charge is 2.05. The fourth-order valence-corrected chi connectivity index (χ4v) is 1.18. The lowest BCUT2D eigenvalue weighted by molar-refractivity contribution is 0.318. The molecule has 86 valence electrons. The smallest absolute Gasteiger partial charge is 0.230 e. The van der Waals surface area contributed by atoms with Crippen LogP contribution in [-0.2, 0) is 0 Å². The van der Waals surface area contributed by atoms with Gasteiger partial charge in [-0.1, -0.05) is 23.4 Å². The van der Waals surface area contributed by atoms with Gasteiger partial charge in [-0.3, -0.25) is 0 Å². The predicted octanol–water partition coefficient (Wildman–Crippen LogP) is 0.710. The van der Waals surface area contributed by atoms with Gasteiger partial charge in [0, 0.05) is 5.69 Å². The summed E-state index contributed by atoms with van der Waals surface area (Å²) < 4.78 is 0. The van der Waals surface area contributed by atoms with E-state index in [2.05, 4.69) is 25.4 Å². The molecule has 0 saturated heterocycles. The zero-order chi connectivity index (χ0) is 12.1. The summed E-state index contributed by atoms with van der Waals surface area (Å²) in [6.45, 7) is 0. The molecule has 1 aromatic carbocycles. The number of nitrogens with zero attached hydrogens (tertiary/aromatic N) is 4. The molecule has 1 aromatic heterocycles. The van der Waals surface area contributed by atoms with Crippen molar-refractivity contribution in [2.45, 2.75) is 0 Å². The van der Waals surface area contributed by atoms with Crippen molar-refractivity contribution in [3.8, 4) is 0 Å². The summed E-state index contributed by atoms with van der Waals surface area (Å²) in [5, 5.41) is 14.3. The molecule has 7 heteroatoms. The van der Waals surface area contributed by atoms with E-state index in [0.717, 1.165) is 5.69 Å². The van der Waals surface area contributed by atoms with Gasteiger partial charge in [-0.15, -0.1) is 0 Å². The standard InChI is InChI=1S/C10H10N6O/c11-8(16-17)9-12-6-13-10(15-9)14-7-4-2-1-3-5-7/h1-6,17H,(H2,11,16)(H,12,13,14,15). The molecular weight excluding hydrogens is 220 g/mol. The normalized spacial score (nSPS) is 11.2. The minimum absolute atomic E-state index is 0.112. The van der Waals surface area contributed by atoms with Crippen LogP contribution in [0, 0.1) is 0 Å². The molecule has 0 aliphatic carbocycles. The number of hydrogen-bond donors (Lipinski definition) is 3. The van der Waals surface area contributed by atoms with Crippen molar-refractivity contribution in [2.75, 3.05) is 5.32 Å². The number of amidine groups is 1. The van der Waals surface area contributed by atoms with E-state index in [1.807, 2.05) is 30.3 Å². The summed E-state index contributed by atoms with van der Waals surface area (Å²) in [5.41, 5.74) is 6.21. The van der Waals surface area contributed by atoms with E-state index in [1.54, 1.807) is 0 Å². The molecule has 1 heterocycles. The monoisotopic (exact) mass is 230 g/mol. The minimum atomic E-state index is -0.163. The van der Waals surface area contributed by atoms with E-state index in [4.69, 9.17) is 10.9 Å². The van der Waals surface area contributed by atoms with Crippen molar-refractivity contribution in [1.82, 2.24) is 15.0 Å². The van der Waals surface area contributed by atoms with Crippen LogP contribution in [0.15, 0.2) is 41.8 Å². The second kappa shape index (κ2) is 4.88. The molecule has 0 fully saturated rings. The first kappa shape index (κ1) is 10.8.